The number of benzene rings is 1. The number of para-hydroxylation sites is 1. The number of nitrogens with zero attached hydrogens (tertiary/aromatic N) is 1. The average molecular weight is 260 g/mol. The van der Waals surface area contributed by atoms with Gasteiger partial charge in [-0.2, -0.15) is 0 Å². The normalized spacial score (nSPS) is 11.6. The highest BCUT2D eigenvalue weighted by Gasteiger charge is 2.07. The predicted octanol–water partition coefficient (Wildman–Crippen LogP) is 3.03. The van der Waals surface area contributed by atoms with Gasteiger partial charge in [0.15, 0.2) is 0 Å². The summed E-state index contributed by atoms with van der Waals surface area (Å²) in [5, 5.41) is 4.86. The standard InChI is InChI=1S/C16H24N2O/c1-13(2)10-17-11-14-12-18(8-9-19-3)16-7-5-4-6-15(14)16/h4-7,12-13,17H,8-11H2,1-3H3. The molecule has 0 unspecified atom stereocenters. The van der Waals surface area contributed by atoms with Crippen LogP contribution in [0.25, 0.3) is 10.9 Å². The van der Waals surface area contributed by atoms with E-state index in [2.05, 4.69) is 54.2 Å². The van der Waals surface area contributed by atoms with E-state index < -0.39 is 0 Å². The summed E-state index contributed by atoms with van der Waals surface area (Å²) >= 11 is 0. The number of hydrogen-bond acceptors (Lipinski definition) is 2. The smallest absolute Gasteiger partial charge is 0.0641 e. The summed E-state index contributed by atoms with van der Waals surface area (Å²) in [6, 6.07) is 8.58. The van der Waals surface area contributed by atoms with Gasteiger partial charge < -0.3 is 14.6 Å². The number of nitrogens with one attached hydrogen (secondary N) is 1. The molecule has 1 heterocycles. The SMILES string of the molecule is COCCn1cc(CNCC(C)C)c2ccccc21. The van der Waals surface area contributed by atoms with Crippen LogP contribution < -0.4 is 5.32 Å². The molecule has 1 aromatic heterocycles. The highest BCUT2D eigenvalue weighted by molar-refractivity contribution is 5.83. The van der Waals surface area contributed by atoms with Crippen molar-refractivity contribution in [3.8, 4) is 0 Å². The largest absolute Gasteiger partial charge is 0.383 e. The van der Waals surface area contributed by atoms with Crippen molar-refractivity contribution in [3.63, 3.8) is 0 Å². The van der Waals surface area contributed by atoms with Crippen molar-refractivity contribution in [2.75, 3.05) is 20.3 Å². The summed E-state index contributed by atoms with van der Waals surface area (Å²) < 4.78 is 7.46. The van der Waals surface area contributed by atoms with Crippen molar-refractivity contribution >= 4 is 10.9 Å². The van der Waals surface area contributed by atoms with Gasteiger partial charge in [-0.3, -0.25) is 0 Å². The van der Waals surface area contributed by atoms with Gasteiger partial charge in [-0.1, -0.05) is 32.0 Å². The molecular formula is C16H24N2O. The van der Waals surface area contributed by atoms with Gasteiger partial charge in [-0.15, -0.1) is 0 Å². The molecule has 3 nitrogen and oxygen atoms in total. The molecule has 2 aromatic rings. The van der Waals surface area contributed by atoms with Crippen molar-refractivity contribution in [1.82, 2.24) is 9.88 Å². The Bertz CT molecular complexity index is 516. The van der Waals surface area contributed by atoms with Crippen LogP contribution in [0.1, 0.15) is 19.4 Å². The summed E-state index contributed by atoms with van der Waals surface area (Å²) in [6.07, 6.45) is 2.25. The van der Waals surface area contributed by atoms with E-state index >= 15 is 0 Å². The van der Waals surface area contributed by atoms with Gasteiger partial charge in [0.25, 0.3) is 0 Å². The van der Waals surface area contributed by atoms with Crippen molar-refractivity contribution in [3.05, 3.63) is 36.0 Å². The van der Waals surface area contributed by atoms with Gasteiger partial charge in [-0.05, 0) is 24.1 Å². The Kier molecular flexibility index (Phi) is 5.00. The highest BCUT2D eigenvalue weighted by Crippen LogP contribution is 2.21. The molecule has 0 aliphatic heterocycles. The van der Waals surface area contributed by atoms with E-state index in [0.29, 0.717) is 5.92 Å². The van der Waals surface area contributed by atoms with Crippen molar-refractivity contribution < 1.29 is 4.74 Å². The molecule has 0 saturated heterocycles. The fourth-order valence-electron chi connectivity index (χ4n) is 2.33. The Morgan fingerprint density at radius 2 is 2.05 bits per heavy atom. The number of rotatable bonds is 7. The minimum absolute atomic E-state index is 0.682. The van der Waals surface area contributed by atoms with Crippen LogP contribution in [0.2, 0.25) is 0 Å². The molecule has 0 amide bonds. The van der Waals surface area contributed by atoms with Crippen molar-refractivity contribution in [2.24, 2.45) is 5.92 Å². The number of hydrogen-bond donors (Lipinski definition) is 1. The van der Waals surface area contributed by atoms with E-state index in [0.717, 1.165) is 26.2 Å². The first-order chi connectivity index (χ1) is 9.22. The lowest BCUT2D eigenvalue weighted by atomic mass is 10.1. The summed E-state index contributed by atoms with van der Waals surface area (Å²) in [7, 11) is 1.75. The molecule has 2 rings (SSSR count). The number of ether oxygens (including phenoxy) is 1. The van der Waals surface area contributed by atoms with E-state index in [1.165, 1.54) is 16.5 Å². The van der Waals surface area contributed by atoms with Crippen LogP contribution in [-0.2, 0) is 17.8 Å². The zero-order valence-corrected chi connectivity index (χ0v) is 12.1. The van der Waals surface area contributed by atoms with E-state index in [-0.39, 0.29) is 0 Å². The molecule has 3 heteroatoms. The molecule has 0 fully saturated rings. The maximum Gasteiger partial charge on any atom is 0.0641 e. The molecule has 1 N–H and O–H groups in total. The maximum atomic E-state index is 5.18. The van der Waals surface area contributed by atoms with Crippen molar-refractivity contribution in [2.45, 2.75) is 26.9 Å². The van der Waals surface area contributed by atoms with Crippen LogP contribution in [-0.4, -0.2) is 24.8 Å². The van der Waals surface area contributed by atoms with Gasteiger partial charge >= 0.3 is 0 Å². The minimum atomic E-state index is 0.682. The van der Waals surface area contributed by atoms with E-state index in [1.807, 2.05) is 0 Å². The fraction of sp³-hybridized carbons (Fsp3) is 0.500. The summed E-state index contributed by atoms with van der Waals surface area (Å²) in [5.41, 5.74) is 2.66. The van der Waals surface area contributed by atoms with Crippen LogP contribution in [0.5, 0.6) is 0 Å². The Morgan fingerprint density at radius 1 is 1.26 bits per heavy atom. The number of fused-ring (bicyclic) bond motifs is 1. The van der Waals surface area contributed by atoms with Gasteiger partial charge in [0, 0.05) is 37.3 Å². The van der Waals surface area contributed by atoms with E-state index in [1.54, 1.807) is 7.11 Å². The predicted molar refractivity (Wildman–Crippen MR) is 80.4 cm³/mol. The van der Waals surface area contributed by atoms with E-state index in [4.69, 9.17) is 4.74 Å². The molecule has 104 valence electrons. The Balaban J connectivity index is 2.18. The molecule has 19 heavy (non-hydrogen) atoms. The maximum absolute atomic E-state index is 5.18. The number of methoxy groups -OCH3 is 1. The summed E-state index contributed by atoms with van der Waals surface area (Å²) in [4.78, 5) is 0. The van der Waals surface area contributed by atoms with Crippen LogP contribution in [0.4, 0.5) is 0 Å². The first kappa shape index (κ1) is 14.1. The zero-order valence-electron chi connectivity index (χ0n) is 12.1. The fourth-order valence-corrected chi connectivity index (χ4v) is 2.33. The quantitative estimate of drug-likeness (QED) is 0.828. The second kappa shape index (κ2) is 6.73. The first-order valence-corrected chi connectivity index (χ1v) is 6.98. The molecule has 0 atom stereocenters. The molecule has 0 aliphatic carbocycles. The molecule has 0 saturated carbocycles. The summed E-state index contributed by atoms with van der Waals surface area (Å²) in [5.74, 6) is 0.682. The average Bonchev–Trinajstić information content (AvgIpc) is 2.75. The third kappa shape index (κ3) is 3.58. The molecular weight excluding hydrogens is 236 g/mol. The topological polar surface area (TPSA) is 26.2 Å². The third-order valence-corrected chi connectivity index (χ3v) is 3.28. The lowest BCUT2D eigenvalue weighted by Gasteiger charge is -2.06. The second-order valence-corrected chi connectivity index (χ2v) is 5.38. The van der Waals surface area contributed by atoms with Crippen LogP contribution in [0.3, 0.4) is 0 Å². The zero-order chi connectivity index (χ0) is 13.7. The molecule has 0 aliphatic rings. The van der Waals surface area contributed by atoms with Crippen LogP contribution >= 0.6 is 0 Å². The molecule has 0 radical (unpaired) electrons. The van der Waals surface area contributed by atoms with Crippen molar-refractivity contribution in [1.29, 1.82) is 0 Å². The lowest BCUT2D eigenvalue weighted by molar-refractivity contribution is 0.188. The van der Waals surface area contributed by atoms with E-state index in [9.17, 15) is 0 Å². The molecule has 0 spiro atoms. The van der Waals surface area contributed by atoms with Crippen LogP contribution in [0.15, 0.2) is 30.5 Å². The molecule has 1 aromatic carbocycles. The summed E-state index contributed by atoms with van der Waals surface area (Å²) in [6.45, 7) is 8.10. The highest BCUT2D eigenvalue weighted by atomic mass is 16.5. The third-order valence-electron chi connectivity index (χ3n) is 3.28. The lowest BCUT2D eigenvalue weighted by Crippen LogP contribution is -2.18. The Morgan fingerprint density at radius 3 is 2.79 bits per heavy atom. The monoisotopic (exact) mass is 260 g/mol. The Hall–Kier alpha value is -1.32. The minimum Gasteiger partial charge on any atom is -0.383 e. The van der Waals surface area contributed by atoms with Crippen LogP contribution in [0, 0.1) is 5.92 Å². The van der Waals surface area contributed by atoms with Gasteiger partial charge in [0.1, 0.15) is 0 Å². The van der Waals surface area contributed by atoms with Gasteiger partial charge in [-0.25, -0.2) is 0 Å². The Labute approximate surface area is 115 Å². The second-order valence-electron chi connectivity index (χ2n) is 5.38. The first-order valence-electron chi connectivity index (χ1n) is 6.98. The molecule has 0 bridgehead atoms. The van der Waals surface area contributed by atoms with Gasteiger partial charge in [0.05, 0.1) is 6.61 Å². The van der Waals surface area contributed by atoms with Gasteiger partial charge in [0.2, 0.25) is 0 Å². The number of aromatic nitrogens is 1.